The quantitative estimate of drug-likeness (QED) is 0.0727. The fourth-order valence-corrected chi connectivity index (χ4v) is 23.8. The first kappa shape index (κ1) is 60.3. The largest absolute Gasteiger partial charge is 0.146 e. The van der Waals surface area contributed by atoms with Crippen molar-refractivity contribution in [3.05, 3.63) is 155 Å². The highest BCUT2D eigenvalue weighted by atomic mass is 28.3. The normalized spacial score (nSPS) is 13.1. The van der Waals surface area contributed by atoms with Crippen LogP contribution < -0.4 is 0 Å². The molecule has 410 valence electrons. The van der Waals surface area contributed by atoms with Crippen LogP contribution in [0.1, 0.15) is 200 Å². The molecule has 2 heteroatoms. The monoisotopic (exact) mass is 1070 g/mol. The molecule has 7 rings (SSSR count). The number of rotatable bonds is 10. The van der Waals surface area contributed by atoms with Crippen LogP contribution in [0, 0.1) is 22.9 Å². The molecular weight excluding hydrogens is 969 g/mol. The Labute approximate surface area is 478 Å². The van der Waals surface area contributed by atoms with E-state index in [0.29, 0.717) is 33.2 Å². The summed E-state index contributed by atoms with van der Waals surface area (Å²) in [6.45, 7) is 57.0. The molecule has 0 saturated carbocycles. The summed E-state index contributed by atoms with van der Waals surface area (Å²) in [5, 5.41) is 4.74. The van der Waals surface area contributed by atoms with Crippen molar-refractivity contribution >= 4 is 37.7 Å². The molecule has 0 heterocycles. The van der Waals surface area contributed by atoms with Crippen molar-refractivity contribution in [2.75, 3.05) is 0 Å². The Kier molecular flexibility index (Phi) is 17.2. The fourth-order valence-electron chi connectivity index (χ4n) is 13.3. The summed E-state index contributed by atoms with van der Waals surface area (Å²) in [5.41, 5.74) is 28.9. The van der Waals surface area contributed by atoms with Gasteiger partial charge in [0.15, 0.2) is 0 Å². The molecule has 7 aromatic carbocycles. The van der Waals surface area contributed by atoms with E-state index in [0.717, 1.165) is 11.1 Å². The van der Waals surface area contributed by atoms with E-state index in [1.165, 1.54) is 88.3 Å². The maximum atomic E-state index is 4.31. The highest BCUT2D eigenvalue weighted by Crippen LogP contribution is 2.48. The summed E-state index contributed by atoms with van der Waals surface area (Å²) >= 11 is 0. The van der Waals surface area contributed by atoms with E-state index in [2.05, 4.69) is 310 Å². The summed E-state index contributed by atoms with van der Waals surface area (Å²) in [5.74, 6) is 8.45. The molecule has 0 amide bonds. The van der Waals surface area contributed by atoms with Gasteiger partial charge in [-0.1, -0.05) is 275 Å². The van der Waals surface area contributed by atoms with Gasteiger partial charge in [0.05, 0.1) is 0 Å². The van der Waals surface area contributed by atoms with E-state index in [-0.39, 0.29) is 21.7 Å². The van der Waals surface area contributed by atoms with E-state index in [1.54, 1.807) is 0 Å². The van der Waals surface area contributed by atoms with Gasteiger partial charge in [-0.25, -0.2) is 0 Å². The zero-order valence-corrected chi connectivity index (χ0v) is 55.0. The summed E-state index contributed by atoms with van der Waals surface area (Å²) in [7, 11) is -4.47. The second-order valence-corrected chi connectivity index (χ2v) is 40.4. The van der Waals surface area contributed by atoms with Crippen LogP contribution in [0.25, 0.3) is 66.1 Å². The molecule has 0 aromatic heterocycles. The average molecular weight is 1070 g/mol. The SMILES string of the molecule is CC(C)[Si](C#Cc1c2cc(-c3ccc(C(C)(C)C)cc3)c(-c3ccc(C(C)(C)C)cc3)cc2c(C#C[Si](C(C)C)(C(C)C)C(C)C)c2cc(-c3ccc(C(C)(C)C)cc3)c(-c3ccc(C(C)(C)C)cc3)cc12)(C(C)C)C(C)C. The van der Waals surface area contributed by atoms with Gasteiger partial charge in [-0.2, -0.15) is 0 Å². The molecule has 0 unspecified atom stereocenters. The Morgan fingerprint density at radius 2 is 0.436 bits per heavy atom. The van der Waals surface area contributed by atoms with Crippen molar-refractivity contribution in [2.24, 2.45) is 0 Å². The van der Waals surface area contributed by atoms with Crippen molar-refractivity contribution in [3.63, 3.8) is 0 Å². The van der Waals surface area contributed by atoms with Gasteiger partial charge < -0.3 is 0 Å². The van der Waals surface area contributed by atoms with Crippen molar-refractivity contribution in [3.8, 4) is 67.4 Å². The zero-order chi connectivity index (χ0) is 57.8. The third kappa shape index (κ3) is 11.8. The Balaban J connectivity index is 1.81. The van der Waals surface area contributed by atoms with Gasteiger partial charge in [-0.15, -0.1) is 11.1 Å². The first-order valence-electron chi connectivity index (χ1n) is 29.8. The molecule has 0 nitrogen and oxygen atoms in total. The van der Waals surface area contributed by atoms with E-state index in [1.807, 2.05) is 0 Å². The molecule has 0 spiro atoms. The molecule has 0 aliphatic carbocycles. The van der Waals surface area contributed by atoms with Crippen molar-refractivity contribution < 1.29 is 0 Å². The summed E-state index contributed by atoms with van der Waals surface area (Å²) < 4.78 is 0. The molecule has 0 radical (unpaired) electrons. The topological polar surface area (TPSA) is 0 Å². The van der Waals surface area contributed by atoms with Gasteiger partial charge in [0.1, 0.15) is 16.1 Å². The van der Waals surface area contributed by atoms with Gasteiger partial charge in [0.25, 0.3) is 0 Å². The Morgan fingerprint density at radius 1 is 0.269 bits per heavy atom. The Bertz CT molecular complexity index is 2940. The smallest absolute Gasteiger partial charge is 0.125 e. The van der Waals surface area contributed by atoms with Crippen LogP contribution in [-0.4, -0.2) is 16.1 Å². The molecule has 0 saturated heterocycles. The minimum atomic E-state index is -2.23. The molecular formula is C76H98Si2. The van der Waals surface area contributed by atoms with Crippen LogP contribution >= 0.6 is 0 Å². The lowest BCUT2D eigenvalue weighted by atomic mass is 9.81. The van der Waals surface area contributed by atoms with Gasteiger partial charge in [-0.3, -0.25) is 0 Å². The lowest BCUT2D eigenvalue weighted by Crippen LogP contribution is -2.43. The van der Waals surface area contributed by atoms with Crippen LogP contribution in [0.3, 0.4) is 0 Å². The fraction of sp³-hybridized carbons (Fsp3) is 0.447. The van der Waals surface area contributed by atoms with E-state index in [9.17, 15) is 0 Å². The van der Waals surface area contributed by atoms with Gasteiger partial charge in [0.2, 0.25) is 0 Å². The summed E-state index contributed by atoms with van der Waals surface area (Å²) in [6, 6.07) is 47.8. The molecule has 0 aliphatic rings. The standard InChI is InChI=1S/C76H98Si2/c1-49(2)77(50(3)4,51(5)6)43-41-63-69-45-65(55-25-33-59(34-26-55)73(13,14)15)67(57-29-37-61(38-30-57)75(19,20)21)47-71(69)64(42-44-78(52(7)8,53(9)10)54(11)12)72-48-68(58-31-39-62(40-32-58)76(22,23)24)66(46-70(63)72)56-27-35-60(36-28-56)74(16,17)18/h25-40,45-54H,1-24H3. The maximum absolute atomic E-state index is 4.31. The second-order valence-electron chi connectivity index (χ2n) is 29.2. The maximum Gasteiger partial charge on any atom is 0.146 e. The molecule has 0 aliphatic heterocycles. The molecule has 78 heavy (non-hydrogen) atoms. The van der Waals surface area contributed by atoms with Crippen LogP contribution in [0.5, 0.6) is 0 Å². The minimum absolute atomic E-state index is 0.0289. The van der Waals surface area contributed by atoms with Crippen LogP contribution in [0.15, 0.2) is 121 Å². The van der Waals surface area contributed by atoms with E-state index < -0.39 is 16.1 Å². The minimum Gasteiger partial charge on any atom is -0.125 e. The highest BCUT2D eigenvalue weighted by molar-refractivity contribution is 6.91. The average Bonchev–Trinajstić information content (AvgIpc) is 3.44. The molecule has 0 fully saturated rings. The Hall–Kier alpha value is -5.39. The first-order valence-corrected chi connectivity index (χ1v) is 34.2. The van der Waals surface area contributed by atoms with Crippen molar-refractivity contribution in [1.29, 1.82) is 0 Å². The zero-order valence-electron chi connectivity index (χ0n) is 53.0. The lowest BCUT2D eigenvalue weighted by Gasteiger charge is -2.38. The highest BCUT2D eigenvalue weighted by Gasteiger charge is 2.43. The summed E-state index contributed by atoms with van der Waals surface area (Å²) in [4.78, 5) is 0. The predicted molar refractivity (Wildman–Crippen MR) is 354 cm³/mol. The number of benzene rings is 7. The third-order valence-electron chi connectivity index (χ3n) is 18.2. The van der Waals surface area contributed by atoms with Crippen molar-refractivity contribution in [2.45, 2.75) is 221 Å². The molecule has 7 aromatic rings. The number of hydrogen-bond donors (Lipinski definition) is 0. The first-order chi connectivity index (χ1) is 36.1. The van der Waals surface area contributed by atoms with E-state index in [4.69, 9.17) is 0 Å². The van der Waals surface area contributed by atoms with Crippen LogP contribution in [-0.2, 0) is 21.7 Å². The number of fused-ring (bicyclic) bond motifs is 2. The third-order valence-corrected chi connectivity index (χ3v) is 30.8. The molecule has 0 atom stereocenters. The Morgan fingerprint density at radius 3 is 0.577 bits per heavy atom. The predicted octanol–water partition coefficient (Wildman–Crippen LogP) is 23.0. The van der Waals surface area contributed by atoms with Crippen LogP contribution in [0.4, 0.5) is 0 Å². The van der Waals surface area contributed by atoms with Crippen molar-refractivity contribution in [1.82, 2.24) is 0 Å². The van der Waals surface area contributed by atoms with Gasteiger partial charge in [0, 0.05) is 11.1 Å². The van der Waals surface area contributed by atoms with Gasteiger partial charge >= 0.3 is 0 Å². The molecule has 0 bridgehead atoms. The second kappa shape index (κ2) is 22.3. The lowest BCUT2D eigenvalue weighted by molar-refractivity contribution is 0.590. The summed E-state index contributed by atoms with van der Waals surface area (Å²) in [6.07, 6.45) is 0. The number of hydrogen-bond acceptors (Lipinski definition) is 0. The molecule has 0 N–H and O–H groups in total. The van der Waals surface area contributed by atoms with Crippen LogP contribution in [0.2, 0.25) is 33.2 Å². The van der Waals surface area contributed by atoms with Gasteiger partial charge in [-0.05, 0) is 167 Å². The van der Waals surface area contributed by atoms with E-state index >= 15 is 0 Å².